The first-order valence-corrected chi connectivity index (χ1v) is 6.20. The Bertz CT molecular complexity index is 333. The van der Waals surface area contributed by atoms with E-state index in [-0.39, 0.29) is 0 Å². The molecule has 14 heavy (non-hydrogen) atoms. The second-order valence-corrected chi connectivity index (χ2v) is 5.44. The van der Waals surface area contributed by atoms with Gasteiger partial charge in [-0.2, -0.15) is 13.2 Å². The van der Waals surface area contributed by atoms with Crippen molar-refractivity contribution in [1.29, 1.82) is 0 Å². The first kappa shape index (κ1) is 11.3. The molecule has 0 saturated carbocycles. The summed E-state index contributed by atoms with van der Waals surface area (Å²) in [6.07, 6.45) is -4.28. The number of nitrogen functional groups attached to an aromatic ring is 1. The highest BCUT2D eigenvalue weighted by molar-refractivity contribution is 7.64. The van der Waals surface area contributed by atoms with E-state index in [0.717, 1.165) is 12.1 Å². The summed E-state index contributed by atoms with van der Waals surface area (Å²) in [4.78, 5) is 0. The van der Waals surface area contributed by atoms with Gasteiger partial charge in [0.05, 0.1) is 5.56 Å². The van der Waals surface area contributed by atoms with Crippen LogP contribution in [-0.4, -0.2) is 13.3 Å². The molecule has 1 aromatic carbocycles. The fourth-order valence-corrected chi connectivity index (χ4v) is 2.10. The first-order chi connectivity index (χ1) is 6.32. The van der Waals surface area contributed by atoms with Crippen LogP contribution < -0.4 is 11.0 Å². The molecule has 1 nitrogen and oxygen atoms in total. The summed E-state index contributed by atoms with van der Waals surface area (Å²) < 4.78 is 37.0. The Labute approximate surface area is 81.9 Å². The van der Waals surface area contributed by atoms with Crippen LogP contribution in [0.1, 0.15) is 5.56 Å². The second-order valence-electron chi connectivity index (χ2n) is 3.17. The number of nitrogens with two attached hydrogens (primary N) is 1. The van der Waals surface area contributed by atoms with Crippen molar-refractivity contribution >= 4 is 18.9 Å². The SMILES string of the molecule is CP(C)c1cc(C(F)(F)F)ccc1N. The normalized spacial score (nSPS) is 12.1. The Morgan fingerprint density at radius 3 is 2.21 bits per heavy atom. The topological polar surface area (TPSA) is 26.0 Å². The van der Waals surface area contributed by atoms with Gasteiger partial charge in [0.25, 0.3) is 0 Å². The van der Waals surface area contributed by atoms with Crippen LogP contribution in [0.4, 0.5) is 18.9 Å². The highest BCUT2D eigenvalue weighted by Crippen LogP contribution is 2.33. The van der Waals surface area contributed by atoms with Crippen molar-refractivity contribution < 1.29 is 13.2 Å². The molecule has 0 unspecified atom stereocenters. The summed E-state index contributed by atoms with van der Waals surface area (Å²) in [5.41, 5.74) is 5.39. The highest BCUT2D eigenvalue weighted by atomic mass is 31.1. The third kappa shape index (κ3) is 2.38. The first-order valence-electron chi connectivity index (χ1n) is 3.96. The van der Waals surface area contributed by atoms with Gasteiger partial charge < -0.3 is 5.73 Å². The minimum atomic E-state index is -4.28. The Kier molecular flexibility index (Phi) is 3.05. The van der Waals surface area contributed by atoms with E-state index >= 15 is 0 Å². The molecular formula is C9H11F3NP. The van der Waals surface area contributed by atoms with E-state index in [1.165, 1.54) is 6.07 Å². The summed E-state index contributed by atoms with van der Waals surface area (Å²) in [6.45, 7) is 3.75. The van der Waals surface area contributed by atoms with E-state index in [0.29, 0.717) is 11.0 Å². The zero-order chi connectivity index (χ0) is 10.9. The maximum absolute atomic E-state index is 12.3. The van der Waals surface area contributed by atoms with Crippen molar-refractivity contribution in [2.24, 2.45) is 0 Å². The van der Waals surface area contributed by atoms with Crippen LogP contribution >= 0.6 is 7.92 Å². The Hall–Kier alpha value is -0.760. The van der Waals surface area contributed by atoms with Crippen LogP contribution in [0.15, 0.2) is 18.2 Å². The van der Waals surface area contributed by atoms with Gasteiger partial charge in [-0.3, -0.25) is 0 Å². The average Bonchev–Trinajstić information content (AvgIpc) is 2.02. The van der Waals surface area contributed by atoms with E-state index < -0.39 is 19.7 Å². The minimum Gasteiger partial charge on any atom is -0.398 e. The number of hydrogen-bond acceptors (Lipinski definition) is 1. The summed E-state index contributed by atoms with van der Waals surface area (Å²) in [6, 6.07) is 3.47. The fraction of sp³-hybridized carbons (Fsp3) is 0.333. The van der Waals surface area contributed by atoms with E-state index in [4.69, 9.17) is 5.73 Å². The third-order valence-electron chi connectivity index (χ3n) is 1.84. The molecule has 0 spiro atoms. The lowest BCUT2D eigenvalue weighted by molar-refractivity contribution is -0.137. The van der Waals surface area contributed by atoms with Gasteiger partial charge in [-0.15, -0.1) is 0 Å². The Morgan fingerprint density at radius 1 is 1.21 bits per heavy atom. The molecule has 1 aromatic rings. The number of benzene rings is 1. The summed E-state index contributed by atoms with van der Waals surface area (Å²) in [5, 5.41) is 0.606. The predicted octanol–water partition coefficient (Wildman–Crippen LogP) is 2.65. The number of hydrogen-bond donors (Lipinski definition) is 1. The molecule has 0 aromatic heterocycles. The standard InChI is InChI=1S/C9H11F3NP/c1-14(2)8-5-6(9(10,11)12)3-4-7(8)13/h3-5H,13H2,1-2H3. The van der Waals surface area contributed by atoms with Crippen molar-refractivity contribution in [3.63, 3.8) is 0 Å². The van der Waals surface area contributed by atoms with Crippen LogP contribution in [0.25, 0.3) is 0 Å². The Morgan fingerprint density at radius 2 is 1.79 bits per heavy atom. The lowest BCUT2D eigenvalue weighted by atomic mass is 10.2. The van der Waals surface area contributed by atoms with Crippen molar-refractivity contribution in [3.05, 3.63) is 23.8 Å². The smallest absolute Gasteiger partial charge is 0.398 e. The van der Waals surface area contributed by atoms with Gasteiger partial charge in [0.2, 0.25) is 0 Å². The van der Waals surface area contributed by atoms with Gasteiger partial charge >= 0.3 is 6.18 Å². The summed E-state index contributed by atoms with van der Waals surface area (Å²) >= 11 is 0. The van der Waals surface area contributed by atoms with Crippen LogP contribution in [-0.2, 0) is 6.18 Å². The highest BCUT2D eigenvalue weighted by Gasteiger charge is 2.30. The zero-order valence-electron chi connectivity index (χ0n) is 7.89. The molecular weight excluding hydrogens is 210 g/mol. The molecule has 0 fully saturated rings. The Balaban J connectivity index is 3.20. The maximum Gasteiger partial charge on any atom is 0.416 e. The monoisotopic (exact) mass is 221 g/mol. The molecule has 2 N–H and O–H groups in total. The van der Waals surface area contributed by atoms with Gasteiger partial charge in [-0.1, -0.05) is 7.92 Å². The number of alkyl halides is 3. The fourth-order valence-electron chi connectivity index (χ4n) is 1.11. The molecule has 0 aliphatic carbocycles. The van der Waals surface area contributed by atoms with Gasteiger partial charge in [-0.05, 0) is 36.8 Å². The van der Waals surface area contributed by atoms with Crippen molar-refractivity contribution in [2.75, 3.05) is 19.1 Å². The molecule has 0 atom stereocenters. The number of rotatable bonds is 1. The molecule has 0 amide bonds. The van der Waals surface area contributed by atoms with E-state index in [9.17, 15) is 13.2 Å². The van der Waals surface area contributed by atoms with Crippen LogP contribution in [0.5, 0.6) is 0 Å². The zero-order valence-corrected chi connectivity index (χ0v) is 8.78. The number of anilines is 1. The van der Waals surface area contributed by atoms with Crippen molar-refractivity contribution in [1.82, 2.24) is 0 Å². The lowest BCUT2D eigenvalue weighted by Gasteiger charge is -2.13. The molecule has 78 valence electrons. The number of halogens is 3. The van der Waals surface area contributed by atoms with Crippen LogP contribution in [0.2, 0.25) is 0 Å². The maximum atomic E-state index is 12.3. The molecule has 0 saturated heterocycles. The van der Waals surface area contributed by atoms with E-state index in [2.05, 4.69) is 0 Å². The lowest BCUT2D eigenvalue weighted by Crippen LogP contribution is -2.13. The molecule has 5 heteroatoms. The second kappa shape index (κ2) is 3.77. The molecule has 0 aliphatic heterocycles. The quantitative estimate of drug-likeness (QED) is 0.572. The molecule has 1 rings (SSSR count). The van der Waals surface area contributed by atoms with Crippen molar-refractivity contribution in [2.45, 2.75) is 6.18 Å². The average molecular weight is 221 g/mol. The molecule has 0 aliphatic rings. The predicted molar refractivity (Wildman–Crippen MR) is 54.3 cm³/mol. The molecule has 0 bridgehead atoms. The van der Waals surface area contributed by atoms with E-state index in [1.54, 1.807) is 0 Å². The van der Waals surface area contributed by atoms with Gasteiger partial charge in [0, 0.05) is 5.69 Å². The third-order valence-corrected chi connectivity index (χ3v) is 3.19. The van der Waals surface area contributed by atoms with E-state index in [1.807, 2.05) is 13.3 Å². The van der Waals surface area contributed by atoms with Gasteiger partial charge in [-0.25, -0.2) is 0 Å². The van der Waals surface area contributed by atoms with Gasteiger partial charge in [0.15, 0.2) is 0 Å². The largest absolute Gasteiger partial charge is 0.416 e. The summed E-state index contributed by atoms with van der Waals surface area (Å²) in [5.74, 6) is 0. The molecule has 0 radical (unpaired) electrons. The molecule has 0 heterocycles. The van der Waals surface area contributed by atoms with Crippen LogP contribution in [0.3, 0.4) is 0 Å². The van der Waals surface area contributed by atoms with Crippen molar-refractivity contribution in [3.8, 4) is 0 Å². The summed E-state index contributed by atoms with van der Waals surface area (Å²) in [7, 11) is -0.605. The minimum absolute atomic E-state index is 0.439. The van der Waals surface area contributed by atoms with Crippen LogP contribution in [0, 0.1) is 0 Å². The van der Waals surface area contributed by atoms with Gasteiger partial charge in [0.1, 0.15) is 0 Å².